The van der Waals surface area contributed by atoms with Crippen LogP contribution in [0.5, 0.6) is 0 Å². The molecule has 0 saturated carbocycles. The molecule has 0 atom stereocenters. The molecule has 0 N–H and O–H groups in total. The van der Waals surface area contributed by atoms with E-state index in [9.17, 15) is 0 Å². The van der Waals surface area contributed by atoms with Crippen LogP contribution in [0, 0.1) is 0 Å². The Balaban J connectivity index is 1.44. The van der Waals surface area contributed by atoms with Crippen molar-refractivity contribution in [2.45, 2.75) is 39.3 Å². The molecule has 0 spiro atoms. The van der Waals surface area contributed by atoms with Gasteiger partial charge in [0.2, 0.25) is 0 Å². The first-order valence-electron chi connectivity index (χ1n) is 17.6. The third-order valence-electron chi connectivity index (χ3n) is 10.8. The lowest BCUT2D eigenvalue weighted by molar-refractivity contribution is 0.590. The van der Waals surface area contributed by atoms with Gasteiger partial charge in [0.15, 0.2) is 0 Å². The Hall–Kier alpha value is -5.51. The summed E-state index contributed by atoms with van der Waals surface area (Å²) in [6.45, 7) is 11.9. The number of aromatic nitrogens is 2. The minimum Gasteiger partial charge on any atom is -0.291 e. The molecule has 0 radical (unpaired) electrons. The average molecular weight is 661 g/mol. The van der Waals surface area contributed by atoms with E-state index in [0.717, 1.165) is 28.1 Å². The largest absolute Gasteiger partial charge is 0.291 e. The van der Waals surface area contributed by atoms with Crippen LogP contribution in [0.15, 0.2) is 152 Å². The van der Waals surface area contributed by atoms with Crippen molar-refractivity contribution in [3.05, 3.63) is 157 Å². The highest BCUT2D eigenvalue weighted by Crippen LogP contribution is 2.44. The van der Waals surface area contributed by atoms with Crippen LogP contribution < -0.4 is 10.4 Å². The van der Waals surface area contributed by atoms with Gasteiger partial charge in [-0.25, -0.2) is 4.98 Å². The molecule has 0 amide bonds. The van der Waals surface area contributed by atoms with Crippen molar-refractivity contribution in [1.82, 2.24) is 9.55 Å². The molecule has 50 heavy (non-hydrogen) atoms. The first-order chi connectivity index (χ1) is 24.2. The van der Waals surface area contributed by atoms with Crippen LogP contribution >= 0.6 is 0 Å². The second kappa shape index (κ2) is 11.3. The second-order valence-corrected chi connectivity index (χ2v) is 19.6. The van der Waals surface area contributed by atoms with Crippen molar-refractivity contribution < 1.29 is 0 Å². The zero-order valence-electron chi connectivity index (χ0n) is 29.3. The van der Waals surface area contributed by atoms with E-state index in [1.807, 2.05) is 0 Å². The topological polar surface area (TPSA) is 17.8 Å². The molecule has 7 aromatic carbocycles. The maximum absolute atomic E-state index is 5.62. The fourth-order valence-electron chi connectivity index (χ4n) is 8.07. The van der Waals surface area contributed by atoms with Gasteiger partial charge in [-0.05, 0) is 73.3 Å². The minimum absolute atomic E-state index is 0.0499. The van der Waals surface area contributed by atoms with Gasteiger partial charge in [-0.15, -0.1) is 0 Å². The van der Waals surface area contributed by atoms with E-state index in [1.54, 1.807) is 0 Å². The van der Waals surface area contributed by atoms with Crippen LogP contribution in [-0.4, -0.2) is 17.6 Å². The first-order valence-corrected chi connectivity index (χ1v) is 20.6. The van der Waals surface area contributed by atoms with E-state index in [0.29, 0.717) is 0 Å². The van der Waals surface area contributed by atoms with E-state index >= 15 is 0 Å². The normalized spacial score (nSPS) is 13.5. The lowest BCUT2D eigenvalue weighted by atomic mass is 9.82. The van der Waals surface area contributed by atoms with Crippen molar-refractivity contribution in [1.29, 1.82) is 0 Å². The number of imidazole rings is 1. The molecule has 1 aliphatic heterocycles. The Morgan fingerprint density at radius 2 is 1.12 bits per heavy atom. The van der Waals surface area contributed by atoms with Gasteiger partial charge in [-0.2, -0.15) is 0 Å². The van der Waals surface area contributed by atoms with Gasteiger partial charge in [-0.1, -0.05) is 161 Å². The lowest BCUT2D eigenvalue weighted by Crippen LogP contribution is -2.49. The molecule has 242 valence electrons. The number of hydrogen-bond donors (Lipinski definition) is 0. The van der Waals surface area contributed by atoms with Crippen LogP contribution in [0.3, 0.4) is 0 Å². The third kappa shape index (κ3) is 4.72. The molecule has 1 aromatic heterocycles. The lowest BCUT2D eigenvalue weighted by Gasteiger charge is -2.26. The molecule has 2 heterocycles. The summed E-state index contributed by atoms with van der Waals surface area (Å²) in [5.74, 6) is 0.959. The molecule has 1 aliphatic rings. The number of hydrogen-bond acceptors (Lipinski definition) is 1. The predicted molar refractivity (Wildman–Crippen MR) is 216 cm³/mol. The van der Waals surface area contributed by atoms with E-state index in [4.69, 9.17) is 4.98 Å². The predicted octanol–water partition coefficient (Wildman–Crippen LogP) is 11.3. The van der Waals surface area contributed by atoms with Crippen molar-refractivity contribution in [2.75, 3.05) is 0 Å². The number of benzene rings is 7. The van der Waals surface area contributed by atoms with E-state index in [1.165, 1.54) is 60.1 Å². The van der Waals surface area contributed by atoms with E-state index < -0.39 is 8.07 Å². The Kier molecular flexibility index (Phi) is 6.88. The van der Waals surface area contributed by atoms with Gasteiger partial charge in [0.25, 0.3) is 0 Å². The summed E-state index contributed by atoms with van der Waals surface area (Å²) in [7, 11) is -1.81. The molecule has 0 unspecified atom stereocenters. The van der Waals surface area contributed by atoms with Gasteiger partial charge in [0, 0.05) is 22.1 Å². The molecule has 2 nitrogen and oxygen atoms in total. The highest BCUT2D eigenvalue weighted by Gasteiger charge is 2.37. The summed E-state index contributed by atoms with van der Waals surface area (Å²) >= 11 is 0. The Labute approximate surface area is 295 Å². The first kappa shape index (κ1) is 30.5. The summed E-state index contributed by atoms with van der Waals surface area (Å²) in [5.41, 5.74) is 13.2. The Morgan fingerprint density at radius 1 is 0.520 bits per heavy atom. The van der Waals surface area contributed by atoms with Gasteiger partial charge < -0.3 is 0 Å². The molecule has 0 aliphatic carbocycles. The molecular formula is C47H40N2Si. The highest BCUT2D eigenvalue weighted by molar-refractivity contribution is 7.03. The molecule has 0 bridgehead atoms. The zero-order valence-corrected chi connectivity index (χ0v) is 30.3. The van der Waals surface area contributed by atoms with Crippen molar-refractivity contribution >= 4 is 40.3 Å². The molecule has 8 aromatic rings. The average Bonchev–Trinajstić information content (AvgIpc) is 3.64. The van der Waals surface area contributed by atoms with Crippen LogP contribution in [0.1, 0.15) is 26.3 Å². The fourth-order valence-corrected chi connectivity index (χ4v) is 11.1. The van der Waals surface area contributed by atoms with Crippen LogP contribution in [0.25, 0.3) is 72.3 Å². The summed E-state index contributed by atoms with van der Waals surface area (Å²) in [5, 5.41) is 5.38. The smallest absolute Gasteiger partial charge is 0.145 e. The van der Waals surface area contributed by atoms with Crippen molar-refractivity contribution in [3.8, 4) is 50.5 Å². The second-order valence-electron chi connectivity index (χ2n) is 15.3. The van der Waals surface area contributed by atoms with Crippen molar-refractivity contribution in [3.63, 3.8) is 0 Å². The maximum atomic E-state index is 5.62. The maximum Gasteiger partial charge on any atom is 0.145 e. The molecule has 3 heteroatoms. The molecule has 0 saturated heterocycles. The number of rotatable bonds is 4. The zero-order chi connectivity index (χ0) is 34.2. The summed E-state index contributed by atoms with van der Waals surface area (Å²) in [4.78, 5) is 5.62. The fraction of sp³-hybridized carbons (Fsp3) is 0.128. The third-order valence-corrected chi connectivity index (χ3v) is 14.3. The minimum atomic E-state index is -1.81. The monoisotopic (exact) mass is 660 g/mol. The molecule has 0 fully saturated rings. The van der Waals surface area contributed by atoms with Gasteiger partial charge in [0.05, 0.1) is 16.7 Å². The summed E-state index contributed by atoms with van der Waals surface area (Å²) in [6, 6.07) is 56.0. The van der Waals surface area contributed by atoms with Gasteiger partial charge in [0.1, 0.15) is 13.9 Å². The van der Waals surface area contributed by atoms with Gasteiger partial charge in [-0.3, -0.25) is 4.57 Å². The number of fused-ring (bicyclic) bond motifs is 6. The molecule has 9 rings (SSSR count). The summed E-state index contributed by atoms with van der Waals surface area (Å²) < 4.78 is 2.46. The van der Waals surface area contributed by atoms with E-state index in [2.05, 4.69) is 190 Å². The van der Waals surface area contributed by atoms with E-state index in [-0.39, 0.29) is 5.41 Å². The van der Waals surface area contributed by atoms with Gasteiger partial charge >= 0.3 is 0 Å². The summed E-state index contributed by atoms with van der Waals surface area (Å²) in [6.07, 6.45) is 0. The van der Waals surface area contributed by atoms with Crippen LogP contribution in [0.2, 0.25) is 13.1 Å². The molecular weight excluding hydrogens is 621 g/mol. The quantitative estimate of drug-likeness (QED) is 0.172. The van der Waals surface area contributed by atoms with Crippen LogP contribution in [0.4, 0.5) is 0 Å². The standard InChI is InChI=1S/C47H40N2Si/c1-47(2,3)35-29-38(31-16-8-6-9-17-31)45(39(30-35)32-18-10-7-11-19-32)49-41-26-24-33-20-12-13-21-36(33)44(41)48-46(49)34-25-27-43-40(28-34)37-22-14-15-23-42(37)50(43,4)5/h6-30H,1-5H3. The van der Waals surface area contributed by atoms with Crippen molar-refractivity contribution in [2.24, 2.45) is 0 Å². The Bertz CT molecular complexity index is 2530. The highest BCUT2D eigenvalue weighted by atomic mass is 28.3. The van der Waals surface area contributed by atoms with Crippen LogP contribution in [-0.2, 0) is 5.41 Å². The number of nitrogens with zero attached hydrogens (tertiary/aromatic N) is 2. The Morgan fingerprint density at radius 3 is 1.80 bits per heavy atom. The SMILES string of the molecule is CC(C)(C)c1cc(-c2ccccc2)c(-n2c(-c3ccc4c(c3)-c3ccccc3[Si]4(C)C)nc3c4ccccc4ccc32)c(-c2ccccc2)c1.